The highest BCUT2D eigenvalue weighted by molar-refractivity contribution is 5.92. The summed E-state index contributed by atoms with van der Waals surface area (Å²) in [6.45, 7) is 11.0. The summed E-state index contributed by atoms with van der Waals surface area (Å²) in [5.41, 5.74) is -0.613. The molecule has 2 N–H and O–H groups in total. The van der Waals surface area contributed by atoms with Crippen molar-refractivity contribution < 1.29 is 19.0 Å². The maximum Gasteiger partial charge on any atom is 0.290 e. The maximum atomic E-state index is 15.5. The first kappa shape index (κ1) is 32.9. The Labute approximate surface area is 270 Å². The molecule has 3 heterocycles. The van der Waals surface area contributed by atoms with E-state index in [4.69, 9.17) is 4.74 Å². The summed E-state index contributed by atoms with van der Waals surface area (Å²) in [4.78, 5) is 47.6. The van der Waals surface area contributed by atoms with Gasteiger partial charge < -0.3 is 20.2 Å². The van der Waals surface area contributed by atoms with Crippen molar-refractivity contribution in [1.82, 2.24) is 19.3 Å². The fourth-order valence-electron chi connectivity index (χ4n) is 5.22. The Bertz CT molecular complexity index is 2120. The number of hydrogen-bond donors (Lipinski definition) is 2. The van der Waals surface area contributed by atoms with Gasteiger partial charge in [-0.1, -0.05) is 32.0 Å². The molecule has 47 heavy (non-hydrogen) atoms. The van der Waals surface area contributed by atoms with Crippen molar-refractivity contribution in [3.05, 3.63) is 105 Å². The van der Waals surface area contributed by atoms with Crippen molar-refractivity contribution in [2.75, 3.05) is 18.5 Å². The molecular formula is C35H35FN6O5. The summed E-state index contributed by atoms with van der Waals surface area (Å²) in [5.74, 6) is 0.0943. The molecule has 0 saturated heterocycles. The summed E-state index contributed by atoms with van der Waals surface area (Å²) in [7, 11) is 1.47. The highest BCUT2D eigenvalue weighted by Gasteiger charge is 2.24. The lowest BCUT2D eigenvalue weighted by molar-refractivity contribution is 0.0409. The van der Waals surface area contributed by atoms with Gasteiger partial charge in [0.2, 0.25) is 0 Å². The standard InChI is InChI=1S/C35H35FN6O5/c1-34(2,19-37-5)22-14-21-12-13-42(33(46)31(21)26(36)15-22)29-9-7-8-24(25(29)18-43)27-16-28(32(45)41(6)40-27)39-30-11-10-23(17-38-30)47-35(3,4)20-44/h7-18,44H,5,19-20H2,1-4,6H3,(H,38,39). The molecule has 0 saturated carbocycles. The van der Waals surface area contributed by atoms with Crippen LogP contribution in [0, 0.1) is 5.82 Å². The number of aromatic nitrogens is 4. The van der Waals surface area contributed by atoms with E-state index in [2.05, 4.69) is 27.1 Å². The van der Waals surface area contributed by atoms with Crippen LogP contribution in [0.2, 0.25) is 0 Å². The Kier molecular flexibility index (Phi) is 8.90. The predicted molar refractivity (Wildman–Crippen MR) is 180 cm³/mol. The predicted octanol–water partition coefficient (Wildman–Crippen LogP) is 4.97. The van der Waals surface area contributed by atoms with Crippen molar-refractivity contribution in [1.29, 1.82) is 0 Å². The number of fused-ring (bicyclic) bond motifs is 1. The van der Waals surface area contributed by atoms with Crippen LogP contribution in [0.4, 0.5) is 15.9 Å². The number of rotatable bonds is 11. The van der Waals surface area contributed by atoms with E-state index in [0.717, 1.165) is 4.68 Å². The van der Waals surface area contributed by atoms with Gasteiger partial charge in [0.15, 0.2) is 6.29 Å². The van der Waals surface area contributed by atoms with Crippen molar-refractivity contribution >= 4 is 35.3 Å². The van der Waals surface area contributed by atoms with Crippen LogP contribution in [-0.2, 0) is 12.5 Å². The number of carbonyl (C=O) groups excluding carboxylic acids is 1. The molecule has 11 nitrogen and oxygen atoms in total. The number of benzene rings is 2. The molecule has 0 aliphatic rings. The summed E-state index contributed by atoms with van der Waals surface area (Å²) in [5, 5.41) is 17.1. The van der Waals surface area contributed by atoms with Crippen LogP contribution in [0.3, 0.4) is 0 Å². The second-order valence-electron chi connectivity index (χ2n) is 12.4. The van der Waals surface area contributed by atoms with Crippen LogP contribution in [-0.4, -0.2) is 56.2 Å². The highest BCUT2D eigenvalue weighted by atomic mass is 19.1. The number of ether oxygens (including phenoxy) is 1. The minimum atomic E-state index is -0.798. The molecule has 0 aliphatic heterocycles. The van der Waals surface area contributed by atoms with Gasteiger partial charge in [0.25, 0.3) is 11.1 Å². The van der Waals surface area contributed by atoms with E-state index in [9.17, 15) is 19.5 Å². The van der Waals surface area contributed by atoms with Crippen molar-refractivity contribution in [2.45, 2.75) is 38.7 Å². The minimum absolute atomic E-state index is 0.114. The molecule has 0 radical (unpaired) electrons. The quantitative estimate of drug-likeness (QED) is 0.153. The highest BCUT2D eigenvalue weighted by Crippen LogP contribution is 2.30. The molecule has 0 amide bonds. The molecule has 242 valence electrons. The number of aliphatic hydroxyl groups excluding tert-OH is 1. The second-order valence-corrected chi connectivity index (χ2v) is 12.4. The molecule has 2 aromatic carbocycles. The Morgan fingerprint density at radius 3 is 2.51 bits per heavy atom. The van der Waals surface area contributed by atoms with E-state index in [-0.39, 0.29) is 34.6 Å². The third kappa shape index (κ3) is 6.59. The third-order valence-corrected chi connectivity index (χ3v) is 7.82. The summed E-state index contributed by atoms with van der Waals surface area (Å²) in [6, 6.07) is 14.4. The summed E-state index contributed by atoms with van der Waals surface area (Å²) in [6.07, 6.45) is 3.56. The van der Waals surface area contributed by atoms with Crippen LogP contribution in [0.1, 0.15) is 43.6 Å². The van der Waals surface area contributed by atoms with Gasteiger partial charge in [-0.2, -0.15) is 5.10 Å². The van der Waals surface area contributed by atoms with E-state index in [1.807, 2.05) is 13.8 Å². The molecule has 0 aliphatic carbocycles. The molecule has 12 heteroatoms. The fraction of sp³-hybridized carbons (Fsp3) is 0.257. The van der Waals surface area contributed by atoms with E-state index in [1.165, 1.54) is 36.1 Å². The average molecular weight is 639 g/mol. The van der Waals surface area contributed by atoms with Gasteiger partial charge in [0.1, 0.15) is 28.7 Å². The topological polar surface area (TPSA) is 141 Å². The number of pyridine rings is 2. The number of halogens is 1. The number of hydrogen-bond acceptors (Lipinski definition) is 9. The van der Waals surface area contributed by atoms with E-state index < -0.39 is 28.0 Å². The zero-order chi connectivity index (χ0) is 34.1. The smallest absolute Gasteiger partial charge is 0.290 e. The lowest BCUT2D eigenvalue weighted by atomic mass is 9.83. The Morgan fingerprint density at radius 1 is 1.09 bits per heavy atom. The Hall–Kier alpha value is -5.49. The van der Waals surface area contributed by atoms with E-state index >= 15 is 4.39 Å². The van der Waals surface area contributed by atoms with Crippen molar-refractivity contribution in [2.24, 2.45) is 12.0 Å². The van der Waals surface area contributed by atoms with Crippen molar-refractivity contribution in [3.8, 4) is 22.7 Å². The first-order valence-corrected chi connectivity index (χ1v) is 14.8. The van der Waals surface area contributed by atoms with Crippen LogP contribution < -0.4 is 21.2 Å². The lowest BCUT2D eigenvalue weighted by Crippen LogP contribution is -2.32. The fourth-order valence-corrected chi connectivity index (χ4v) is 5.22. The van der Waals surface area contributed by atoms with Gasteiger partial charge in [-0.05, 0) is 67.9 Å². The number of aldehydes is 1. The number of aryl methyl sites for hydroxylation is 1. The summed E-state index contributed by atoms with van der Waals surface area (Å²) < 4.78 is 23.6. The van der Waals surface area contributed by atoms with Gasteiger partial charge in [-0.15, -0.1) is 0 Å². The number of carbonyl (C=O) groups is 1. The number of aliphatic imine (C=N–C) groups is 1. The largest absolute Gasteiger partial charge is 0.484 e. The monoisotopic (exact) mass is 638 g/mol. The van der Waals surface area contributed by atoms with Gasteiger partial charge in [0, 0.05) is 36.3 Å². The molecule has 0 spiro atoms. The molecule has 3 aromatic heterocycles. The summed E-state index contributed by atoms with van der Waals surface area (Å²) >= 11 is 0. The molecule has 5 aromatic rings. The third-order valence-electron chi connectivity index (χ3n) is 7.82. The number of anilines is 2. The van der Waals surface area contributed by atoms with Gasteiger partial charge in [-0.25, -0.2) is 14.1 Å². The van der Waals surface area contributed by atoms with Gasteiger partial charge >= 0.3 is 0 Å². The molecule has 0 bridgehead atoms. The lowest BCUT2D eigenvalue weighted by Gasteiger charge is -2.23. The molecule has 0 atom stereocenters. The van der Waals surface area contributed by atoms with Crippen molar-refractivity contribution in [3.63, 3.8) is 0 Å². The molecule has 5 rings (SSSR count). The molecule has 0 fully saturated rings. The first-order chi connectivity index (χ1) is 22.3. The molecule has 0 unspecified atom stereocenters. The Balaban J connectivity index is 1.55. The number of nitrogens with zero attached hydrogens (tertiary/aromatic N) is 5. The zero-order valence-electron chi connectivity index (χ0n) is 26.7. The number of aliphatic hydroxyl groups is 1. The van der Waals surface area contributed by atoms with Crippen LogP contribution >= 0.6 is 0 Å². The normalized spacial score (nSPS) is 11.8. The van der Waals surface area contributed by atoms with Gasteiger partial charge in [0.05, 0.1) is 29.6 Å². The second kappa shape index (κ2) is 12.7. The molecular weight excluding hydrogens is 603 g/mol. The first-order valence-electron chi connectivity index (χ1n) is 14.8. The van der Waals surface area contributed by atoms with Crippen LogP contribution in [0.5, 0.6) is 5.75 Å². The van der Waals surface area contributed by atoms with Crippen LogP contribution in [0.25, 0.3) is 27.7 Å². The van der Waals surface area contributed by atoms with E-state index in [0.29, 0.717) is 40.9 Å². The Morgan fingerprint density at radius 2 is 1.85 bits per heavy atom. The zero-order valence-corrected chi connectivity index (χ0v) is 26.7. The SMILES string of the molecule is C=NCC(C)(C)c1cc(F)c2c(=O)n(-c3cccc(-c4cc(Nc5ccc(OC(C)(C)CO)cn5)c(=O)n(C)n4)c3C=O)ccc2c1. The average Bonchev–Trinajstić information content (AvgIpc) is 3.03. The van der Waals surface area contributed by atoms with Gasteiger partial charge in [-0.3, -0.25) is 19.0 Å². The minimum Gasteiger partial charge on any atom is -0.484 e. The van der Waals surface area contributed by atoms with E-state index in [1.54, 1.807) is 56.3 Å². The van der Waals surface area contributed by atoms with Crippen LogP contribution in [0.15, 0.2) is 81.6 Å². The maximum absolute atomic E-state index is 15.5. The number of nitrogens with one attached hydrogen (secondary N) is 1.